The molecule has 0 saturated carbocycles. The van der Waals surface area contributed by atoms with Crippen LogP contribution < -0.4 is 4.74 Å². The van der Waals surface area contributed by atoms with Crippen molar-refractivity contribution in [1.29, 1.82) is 0 Å². The molecule has 8 heteroatoms. The number of aromatic nitrogens is 3. The van der Waals surface area contributed by atoms with Crippen LogP contribution in [0.15, 0.2) is 42.1 Å². The lowest BCUT2D eigenvalue weighted by Gasteiger charge is -2.16. The first-order chi connectivity index (χ1) is 11.0. The third-order valence-electron chi connectivity index (χ3n) is 3.84. The molecule has 3 rings (SSSR count). The van der Waals surface area contributed by atoms with E-state index in [1.807, 2.05) is 13.8 Å². The average molecular weight is 336 g/mol. The van der Waals surface area contributed by atoms with E-state index in [-0.39, 0.29) is 17.2 Å². The number of sulfonamides is 1. The number of ether oxygens (including phenoxy) is 1. The highest BCUT2D eigenvalue weighted by molar-refractivity contribution is 7.89. The van der Waals surface area contributed by atoms with Crippen molar-refractivity contribution in [3.8, 4) is 5.75 Å². The Morgan fingerprint density at radius 3 is 2.70 bits per heavy atom. The molecule has 0 spiro atoms. The summed E-state index contributed by atoms with van der Waals surface area (Å²) < 4.78 is 34.3. The molecule has 3 heterocycles. The third-order valence-corrected chi connectivity index (χ3v) is 5.59. The van der Waals surface area contributed by atoms with Crippen LogP contribution in [0.25, 0.3) is 0 Å². The Kier molecular flexibility index (Phi) is 4.36. The van der Waals surface area contributed by atoms with Gasteiger partial charge in [-0.2, -0.15) is 4.31 Å². The molecule has 23 heavy (non-hydrogen) atoms. The molecule has 0 bridgehead atoms. The minimum atomic E-state index is -3.57. The number of rotatable bonds is 5. The normalized spacial score (nSPS) is 19.3. The van der Waals surface area contributed by atoms with Crippen LogP contribution in [0, 0.1) is 0 Å². The van der Waals surface area contributed by atoms with Gasteiger partial charge in [-0.1, -0.05) is 0 Å². The lowest BCUT2D eigenvalue weighted by molar-refractivity contribution is 0.215. The van der Waals surface area contributed by atoms with E-state index in [9.17, 15) is 8.42 Å². The Bertz CT molecular complexity index is 758. The van der Waals surface area contributed by atoms with Crippen molar-refractivity contribution < 1.29 is 13.2 Å². The first-order valence-corrected chi connectivity index (χ1v) is 9.01. The molecule has 2 aromatic heterocycles. The Morgan fingerprint density at radius 2 is 2.04 bits per heavy atom. The summed E-state index contributed by atoms with van der Waals surface area (Å²) >= 11 is 0. The van der Waals surface area contributed by atoms with Gasteiger partial charge in [0.25, 0.3) is 10.0 Å². The molecule has 0 N–H and O–H groups in total. The van der Waals surface area contributed by atoms with Crippen molar-refractivity contribution in [2.24, 2.45) is 0 Å². The highest BCUT2D eigenvalue weighted by Crippen LogP contribution is 2.23. The minimum Gasteiger partial charge on any atom is -0.489 e. The predicted molar refractivity (Wildman–Crippen MR) is 84.6 cm³/mol. The second-order valence-corrected chi connectivity index (χ2v) is 7.71. The molecule has 0 aliphatic carbocycles. The third kappa shape index (κ3) is 3.37. The van der Waals surface area contributed by atoms with E-state index in [0.717, 1.165) is 0 Å². The number of nitrogens with zero attached hydrogens (tertiary/aromatic N) is 4. The van der Waals surface area contributed by atoms with Gasteiger partial charge in [-0.25, -0.2) is 13.4 Å². The summed E-state index contributed by atoms with van der Waals surface area (Å²) in [7, 11) is -3.57. The van der Waals surface area contributed by atoms with Gasteiger partial charge in [0.05, 0.1) is 12.9 Å². The van der Waals surface area contributed by atoms with Gasteiger partial charge >= 0.3 is 0 Å². The number of pyridine rings is 1. The van der Waals surface area contributed by atoms with Crippen molar-refractivity contribution in [2.45, 2.75) is 37.4 Å². The zero-order chi connectivity index (χ0) is 16.4. The second-order valence-electron chi connectivity index (χ2n) is 5.83. The van der Waals surface area contributed by atoms with Crippen LogP contribution in [0.3, 0.4) is 0 Å². The number of hydrogen-bond donors (Lipinski definition) is 0. The maximum absolute atomic E-state index is 12.7. The van der Waals surface area contributed by atoms with Gasteiger partial charge in [0, 0.05) is 31.2 Å². The van der Waals surface area contributed by atoms with Gasteiger partial charge in [0.2, 0.25) is 0 Å². The molecule has 7 nitrogen and oxygen atoms in total. The van der Waals surface area contributed by atoms with Crippen LogP contribution in [0.4, 0.5) is 0 Å². The molecule has 1 aliphatic rings. The van der Waals surface area contributed by atoms with E-state index in [4.69, 9.17) is 4.74 Å². The maximum Gasteiger partial charge on any atom is 0.262 e. The van der Waals surface area contributed by atoms with E-state index in [0.29, 0.717) is 25.3 Å². The van der Waals surface area contributed by atoms with Crippen molar-refractivity contribution in [1.82, 2.24) is 18.8 Å². The summed E-state index contributed by atoms with van der Waals surface area (Å²) in [6.07, 6.45) is 6.94. The molecule has 1 fully saturated rings. The van der Waals surface area contributed by atoms with Crippen LogP contribution in [0.1, 0.15) is 26.3 Å². The number of imidazole rings is 1. The largest absolute Gasteiger partial charge is 0.489 e. The summed E-state index contributed by atoms with van der Waals surface area (Å²) in [5.41, 5.74) is 0. The molecule has 2 aromatic rings. The molecule has 0 aromatic carbocycles. The molecule has 1 aliphatic heterocycles. The fourth-order valence-electron chi connectivity index (χ4n) is 2.49. The SMILES string of the molecule is CC(C)n1cnc(S(=O)(=O)N2CCC(Oc3ccncc3)C2)c1. The first-order valence-electron chi connectivity index (χ1n) is 7.57. The summed E-state index contributed by atoms with van der Waals surface area (Å²) in [5.74, 6) is 0.702. The Hall–Kier alpha value is -1.93. The molecule has 0 radical (unpaired) electrons. The lowest BCUT2D eigenvalue weighted by Crippen LogP contribution is -2.31. The highest BCUT2D eigenvalue weighted by Gasteiger charge is 2.35. The Morgan fingerprint density at radius 1 is 1.30 bits per heavy atom. The monoisotopic (exact) mass is 336 g/mol. The molecule has 1 atom stereocenters. The number of hydrogen-bond acceptors (Lipinski definition) is 5. The minimum absolute atomic E-state index is 0.0933. The summed E-state index contributed by atoms with van der Waals surface area (Å²) in [6, 6.07) is 3.70. The Labute approximate surface area is 136 Å². The molecule has 1 unspecified atom stereocenters. The summed E-state index contributed by atoms with van der Waals surface area (Å²) in [5, 5.41) is 0.0933. The van der Waals surface area contributed by atoms with Gasteiger partial charge in [0.1, 0.15) is 11.9 Å². The van der Waals surface area contributed by atoms with E-state index >= 15 is 0 Å². The zero-order valence-corrected chi connectivity index (χ0v) is 14.0. The standard InChI is InChI=1S/C15H20N4O3S/c1-12(2)18-10-15(17-11-18)23(20,21)19-8-5-14(9-19)22-13-3-6-16-7-4-13/h3-4,6-7,10-12,14H,5,8-9H2,1-2H3. The fraction of sp³-hybridized carbons (Fsp3) is 0.467. The van der Waals surface area contributed by atoms with E-state index in [1.165, 1.54) is 4.31 Å². The van der Waals surface area contributed by atoms with Crippen LogP contribution in [0.2, 0.25) is 0 Å². The molecule has 0 amide bonds. The first kappa shape index (κ1) is 15.9. The molecule has 124 valence electrons. The van der Waals surface area contributed by atoms with Gasteiger partial charge < -0.3 is 9.30 Å². The van der Waals surface area contributed by atoms with Crippen LogP contribution in [0.5, 0.6) is 5.75 Å². The summed E-state index contributed by atoms with van der Waals surface area (Å²) in [6.45, 7) is 4.73. The summed E-state index contributed by atoms with van der Waals surface area (Å²) in [4.78, 5) is 7.98. The zero-order valence-electron chi connectivity index (χ0n) is 13.2. The van der Waals surface area contributed by atoms with Gasteiger partial charge in [-0.15, -0.1) is 0 Å². The smallest absolute Gasteiger partial charge is 0.262 e. The van der Waals surface area contributed by atoms with Crippen molar-refractivity contribution in [3.05, 3.63) is 37.1 Å². The fourth-order valence-corrected chi connectivity index (χ4v) is 3.90. The van der Waals surface area contributed by atoms with Crippen LogP contribution in [-0.2, 0) is 10.0 Å². The lowest BCUT2D eigenvalue weighted by atomic mass is 10.3. The Balaban J connectivity index is 1.69. The van der Waals surface area contributed by atoms with Crippen LogP contribution in [-0.4, -0.2) is 46.5 Å². The van der Waals surface area contributed by atoms with Gasteiger partial charge in [-0.05, 0) is 32.4 Å². The molecule has 1 saturated heterocycles. The van der Waals surface area contributed by atoms with Gasteiger partial charge in [-0.3, -0.25) is 4.98 Å². The van der Waals surface area contributed by atoms with E-state index < -0.39 is 10.0 Å². The average Bonchev–Trinajstić information content (AvgIpc) is 3.18. The maximum atomic E-state index is 12.7. The quantitative estimate of drug-likeness (QED) is 0.830. The van der Waals surface area contributed by atoms with Crippen molar-refractivity contribution in [3.63, 3.8) is 0 Å². The van der Waals surface area contributed by atoms with E-state index in [1.54, 1.807) is 41.6 Å². The predicted octanol–water partition coefficient (Wildman–Crippen LogP) is 1.70. The topological polar surface area (TPSA) is 77.3 Å². The van der Waals surface area contributed by atoms with Crippen molar-refractivity contribution >= 4 is 10.0 Å². The van der Waals surface area contributed by atoms with E-state index in [2.05, 4.69) is 9.97 Å². The van der Waals surface area contributed by atoms with Gasteiger partial charge in [0.15, 0.2) is 5.03 Å². The molecular formula is C15H20N4O3S. The van der Waals surface area contributed by atoms with Crippen LogP contribution >= 0.6 is 0 Å². The highest BCUT2D eigenvalue weighted by atomic mass is 32.2. The second kappa shape index (κ2) is 6.29. The molecular weight excluding hydrogens is 316 g/mol. The van der Waals surface area contributed by atoms with Crippen molar-refractivity contribution in [2.75, 3.05) is 13.1 Å².